The molecule has 1 aromatic rings. The molecule has 4 nitrogen and oxygen atoms in total. The van der Waals surface area contributed by atoms with Crippen LogP contribution in [0.25, 0.3) is 0 Å². The van der Waals surface area contributed by atoms with E-state index in [1.54, 1.807) is 18.0 Å². The molecule has 1 aromatic heterocycles. The van der Waals surface area contributed by atoms with Crippen molar-refractivity contribution < 1.29 is 4.74 Å². The molecule has 11 heavy (non-hydrogen) atoms. The van der Waals surface area contributed by atoms with Crippen LogP contribution in [0.4, 0.5) is 5.82 Å². The predicted octanol–water partition coefficient (Wildman–Crippen LogP) is 0.420. The normalized spacial score (nSPS) is 10.4. The second-order valence-electron chi connectivity index (χ2n) is 2.43. The summed E-state index contributed by atoms with van der Waals surface area (Å²) in [5.41, 5.74) is 6.70. The van der Waals surface area contributed by atoms with Crippen LogP contribution in [0.1, 0.15) is 5.56 Å². The van der Waals surface area contributed by atoms with E-state index in [1.807, 2.05) is 6.92 Å². The van der Waals surface area contributed by atoms with E-state index >= 15 is 0 Å². The van der Waals surface area contributed by atoms with Crippen molar-refractivity contribution >= 4 is 5.82 Å². The number of rotatable bonds is 3. The van der Waals surface area contributed by atoms with Crippen LogP contribution < -0.4 is 5.73 Å². The first-order chi connectivity index (χ1) is 5.25. The number of anilines is 1. The maximum atomic E-state index is 5.69. The zero-order valence-corrected chi connectivity index (χ0v) is 6.87. The summed E-state index contributed by atoms with van der Waals surface area (Å²) in [6, 6.07) is 0. The topological polar surface area (TPSA) is 53.1 Å². The van der Waals surface area contributed by atoms with Crippen molar-refractivity contribution in [2.45, 2.75) is 13.5 Å². The van der Waals surface area contributed by atoms with Crippen molar-refractivity contribution in [2.75, 3.05) is 19.5 Å². The second-order valence-corrected chi connectivity index (χ2v) is 2.43. The van der Waals surface area contributed by atoms with E-state index in [9.17, 15) is 0 Å². The van der Waals surface area contributed by atoms with Crippen LogP contribution in [0.5, 0.6) is 0 Å². The Kier molecular flexibility index (Phi) is 2.48. The van der Waals surface area contributed by atoms with Gasteiger partial charge in [0.05, 0.1) is 19.3 Å². The molecule has 0 saturated heterocycles. The Morgan fingerprint density at radius 2 is 2.45 bits per heavy atom. The molecule has 0 aliphatic heterocycles. The highest BCUT2D eigenvalue weighted by Crippen LogP contribution is 2.07. The van der Waals surface area contributed by atoms with Gasteiger partial charge in [-0.3, -0.25) is 0 Å². The lowest BCUT2D eigenvalue weighted by Gasteiger charge is -2.02. The lowest BCUT2D eigenvalue weighted by Crippen LogP contribution is -2.08. The fourth-order valence-electron chi connectivity index (χ4n) is 0.844. The van der Waals surface area contributed by atoms with E-state index in [1.165, 1.54) is 0 Å². The number of nitrogens with zero attached hydrogens (tertiary/aromatic N) is 2. The summed E-state index contributed by atoms with van der Waals surface area (Å²) in [6.07, 6.45) is 1.75. The number of hydrogen-bond donors (Lipinski definition) is 1. The van der Waals surface area contributed by atoms with Crippen LogP contribution >= 0.6 is 0 Å². The molecule has 0 bridgehead atoms. The molecule has 0 amide bonds. The van der Waals surface area contributed by atoms with E-state index in [0.29, 0.717) is 6.61 Å². The minimum atomic E-state index is 0.644. The lowest BCUT2D eigenvalue weighted by molar-refractivity contribution is 0.184. The van der Waals surface area contributed by atoms with Gasteiger partial charge in [-0.25, -0.2) is 4.68 Å². The molecule has 0 aliphatic rings. The van der Waals surface area contributed by atoms with Crippen molar-refractivity contribution in [1.29, 1.82) is 0 Å². The number of hydrogen-bond acceptors (Lipinski definition) is 3. The Hall–Kier alpha value is -1.03. The van der Waals surface area contributed by atoms with E-state index in [2.05, 4.69) is 5.10 Å². The second kappa shape index (κ2) is 3.39. The zero-order chi connectivity index (χ0) is 8.27. The van der Waals surface area contributed by atoms with Gasteiger partial charge >= 0.3 is 0 Å². The van der Waals surface area contributed by atoms with Crippen molar-refractivity contribution in [1.82, 2.24) is 9.78 Å². The smallest absolute Gasteiger partial charge is 0.124 e. The summed E-state index contributed by atoms with van der Waals surface area (Å²) in [5, 5.41) is 4.06. The van der Waals surface area contributed by atoms with Crippen molar-refractivity contribution in [2.24, 2.45) is 0 Å². The van der Waals surface area contributed by atoms with Gasteiger partial charge in [-0.05, 0) is 6.92 Å². The van der Waals surface area contributed by atoms with Crippen LogP contribution in [0.3, 0.4) is 0 Å². The van der Waals surface area contributed by atoms with E-state index in [0.717, 1.165) is 17.9 Å². The maximum absolute atomic E-state index is 5.69. The number of methoxy groups -OCH3 is 1. The first-order valence-electron chi connectivity index (χ1n) is 3.52. The summed E-state index contributed by atoms with van der Waals surface area (Å²) in [6.45, 7) is 3.30. The van der Waals surface area contributed by atoms with Gasteiger partial charge in [0.2, 0.25) is 0 Å². The summed E-state index contributed by atoms with van der Waals surface area (Å²) in [4.78, 5) is 0. The molecule has 0 aliphatic carbocycles. The third-order valence-corrected chi connectivity index (χ3v) is 1.58. The number of aromatic nitrogens is 2. The van der Waals surface area contributed by atoms with E-state index < -0.39 is 0 Å². The fourth-order valence-corrected chi connectivity index (χ4v) is 0.844. The summed E-state index contributed by atoms with van der Waals surface area (Å²) in [7, 11) is 1.66. The van der Waals surface area contributed by atoms with Crippen molar-refractivity contribution in [3.05, 3.63) is 11.8 Å². The fraction of sp³-hybridized carbons (Fsp3) is 0.571. The Morgan fingerprint density at radius 3 is 2.91 bits per heavy atom. The van der Waals surface area contributed by atoms with Gasteiger partial charge in [-0.1, -0.05) is 0 Å². The van der Waals surface area contributed by atoms with Gasteiger partial charge in [0.1, 0.15) is 5.82 Å². The van der Waals surface area contributed by atoms with Crippen LogP contribution in [-0.4, -0.2) is 23.5 Å². The molecule has 0 atom stereocenters. The largest absolute Gasteiger partial charge is 0.384 e. The highest BCUT2D eigenvalue weighted by atomic mass is 16.5. The highest BCUT2D eigenvalue weighted by molar-refractivity contribution is 5.36. The van der Waals surface area contributed by atoms with Gasteiger partial charge < -0.3 is 10.5 Å². The predicted molar refractivity (Wildman–Crippen MR) is 43.3 cm³/mol. The van der Waals surface area contributed by atoms with Gasteiger partial charge in [0.25, 0.3) is 0 Å². The lowest BCUT2D eigenvalue weighted by atomic mass is 10.4. The van der Waals surface area contributed by atoms with Gasteiger partial charge in [-0.15, -0.1) is 0 Å². The molecule has 0 unspecified atom stereocenters. The number of aryl methyl sites for hydroxylation is 1. The molecule has 1 rings (SSSR count). The first kappa shape index (κ1) is 8.07. The molecule has 0 radical (unpaired) electrons. The Balaban J connectivity index is 2.63. The average molecular weight is 155 g/mol. The zero-order valence-electron chi connectivity index (χ0n) is 6.87. The monoisotopic (exact) mass is 155 g/mol. The van der Waals surface area contributed by atoms with Gasteiger partial charge in [0, 0.05) is 12.7 Å². The van der Waals surface area contributed by atoms with Crippen LogP contribution in [0.2, 0.25) is 0 Å². The standard InChI is InChI=1S/C7H13N3O/c1-6-5-9-10(7(6)8)3-4-11-2/h5H,3-4,8H2,1-2H3. The molecule has 0 spiro atoms. The van der Waals surface area contributed by atoms with Crippen LogP contribution in [-0.2, 0) is 11.3 Å². The Labute approximate surface area is 66.0 Å². The third-order valence-electron chi connectivity index (χ3n) is 1.58. The van der Waals surface area contributed by atoms with Crippen LogP contribution in [0, 0.1) is 6.92 Å². The Morgan fingerprint density at radius 1 is 1.73 bits per heavy atom. The highest BCUT2D eigenvalue weighted by Gasteiger charge is 2.00. The number of ether oxygens (including phenoxy) is 1. The minimum Gasteiger partial charge on any atom is -0.384 e. The molecule has 4 heteroatoms. The summed E-state index contributed by atoms with van der Waals surface area (Å²) >= 11 is 0. The molecule has 0 saturated carbocycles. The molecular weight excluding hydrogens is 142 g/mol. The third kappa shape index (κ3) is 1.71. The average Bonchev–Trinajstić information content (AvgIpc) is 2.31. The van der Waals surface area contributed by atoms with Gasteiger partial charge in [-0.2, -0.15) is 5.10 Å². The molecule has 0 fully saturated rings. The quantitative estimate of drug-likeness (QED) is 0.688. The van der Waals surface area contributed by atoms with E-state index in [-0.39, 0.29) is 0 Å². The minimum absolute atomic E-state index is 0.644. The summed E-state index contributed by atoms with van der Waals surface area (Å²) < 4.78 is 6.63. The number of nitrogens with two attached hydrogens (primary N) is 1. The first-order valence-corrected chi connectivity index (χ1v) is 3.52. The molecular formula is C7H13N3O. The van der Waals surface area contributed by atoms with E-state index in [4.69, 9.17) is 10.5 Å². The number of nitrogen functional groups attached to an aromatic ring is 1. The van der Waals surface area contributed by atoms with Gasteiger partial charge in [0.15, 0.2) is 0 Å². The SMILES string of the molecule is COCCn1ncc(C)c1N. The molecule has 62 valence electrons. The van der Waals surface area contributed by atoms with Crippen LogP contribution in [0.15, 0.2) is 6.20 Å². The molecule has 2 N–H and O–H groups in total. The molecule has 1 heterocycles. The Bertz CT molecular complexity index is 232. The van der Waals surface area contributed by atoms with Crippen molar-refractivity contribution in [3.8, 4) is 0 Å². The summed E-state index contributed by atoms with van der Waals surface area (Å²) in [5.74, 6) is 0.724. The molecule has 0 aromatic carbocycles. The van der Waals surface area contributed by atoms with Crippen molar-refractivity contribution in [3.63, 3.8) is 0 Å². The maximum Gasteiger partial charge on any atom is 0.124 e.